The third-order valence-corrected chi connectivity index (χ3v) is 3.08. The van der Waals surface area contributed by atoms with Crippen LogP contribution in [0, 0.1) is 6.92 Å². The van der Waals surface area contributed by atoms with Crippen molar-refractivity contribution in [2.45, 2.75) is 13.5 Å². The van der Waals surface area contributed by atoms with E-state index in [4.69, 9.17) is 0 Å². The highest BCUT2D eigenvalue weighted by Crippen LogP contribution is 2.21. The van der Waals surface area contributed by atoms with Crippen LogP contribution in [0.4, 0.5) is 0 Å². The number of hydrogen-bond acceptors (Lipinski definition) is 2. The number of pyridine rings is 1. The van der Waals surface area contributed by atoms with Crippen LogP contribution < -0.4 is 0 Å². The number of aromatic nitrogens is 2. The maximum absolute atomic E-state index is 9.30. The number of aliphatic hydroxyl groups is 1. The molecule has 0 atom stereocenters. The Morgan fingerprint density at radius 1 is 1.17 bits per heavy atom. The van der Waals surface area contributed by atoms with E-state index < -0.39 is 0 Å². The molecule has 0 aliphatic carbocycles. The summed E-state index contributed by atoms with van der Waals surface area (Å²) < 4.78 is 1.95. The van der Waals surface area contributed by atoms with E-state index in [9.17, 15) is 5.11 Å². The molecule has 3 aromatic rings. The lowest BCUT2D eigenvalue weighted by Crippen LogP contribution is -1.90. The zero-order valence-electron chi connectivity index (χ0n) is 10.2. The van der Waals surface area contributed by atoms with Gasteiger partial charge in [0, 0.05) is 23.5 Å². The van der Waals surface area contributed by atoms with Gasteiger partial charge in [-0.25, -0.2) is 4.98 Å². The molecule has 0 fully saturated rings. The summed E-state index contributed by atoms with van der Waals surface area (Å²) in [6.45, 7) is 2.08. The highest BCUT2D eigenvalue weighted by molar-refractivity contribution is 5.64. The molecule has 0 amide bonds. The van der Waals surface area contributed by atoms with Crippen molar-refractivity contribution < 1.29 is 5.11 Å². The van der Waals surface area contributed by atoms with Crippen molar-refractivity contribution >= 4 is 5.65 Å². The van der Waals surface area contributed by atoms with Crippen LogP contribution in [-0.4, -0.2) is 14.5 Å². The summed E-state index contributed by atoms with van der Waals surface area (Å²) in [5.41, 5.74) is 4.91. The molecule has 90 valence electrons. The van der Waals surface area contributed by atoms with Crippen LogP contribution in [0.3, 0.4) is 0 Å². The summed E-state index contributed by atoms with van der Waals surface area (Å²) in [4.78, 5) is 4.59. The first-order chi connectivity index (χ1) is 8.78. The number of imidazole rings is 1. The highest BCUT2D eigenvalue weighted by Gasteiger charge is 2.06. The largest absolute Gasteiger partial charge is 0.392 e. The Hall–Kier alpha value is -2.13. The van der Waals surface area contributed by atoms with E-state index in [0.717, 1.165) is 22.5 Å². The first-order valence-electron chi connectivity index (χ1n) is 5.92. The maximum Gasteiger partial charge on any atom is 0.142 e. The van der Waals surface area contributed by atoms with Crippen molar-refractivity contribution in [3.8, 4) is 11.3 Å². The third kappa shape index (κ3) is 1.79. The molecule has 0 saturated carbocycles. The third-order valence-electron chi connectivity index (χ3n) is 3.08. The Morgan fingerprint density at radius 2 is 1.94 bits per heavy atom. The van der Waals surface area contributed by atoms with Crippen LogP contribution in [-0.2, 0) is 6.61 Å². The summed E-state index contributed by atoms with van der Waals surface area (Å²) >= 11 is 0. The summed E-state index contributed by atoms with van der Waals surface area (Å²) in [6.07, 6.45) is 3.93. The zero-order chi connectivity index (χ0) is 12.5. The van der Waals surface area contributed by atoms with E-state index in [1.165, 1.54) is 5.56 Å². The molecule has 0 spiro atoms. The van der Waals surface area contributed by atoms with Gasteiger partial charge in [-0.1, -0.05) is 35.9 Å². The molecule has 0 radical (unpaired) electrons. The first-order valence-corrected chi connectivity index (χ1v) is 5.92. The van der Waals surface area contributed by atoms with Crippen molar-refractivity contribution in [1.82, 2.24) is 9.38 Å². The zero-order valence-corrected chi connectivity index (χ0v) is 10.2. The molecule has 2 heterocycles. The Kier molecular flexibility index (Phi) is 2.61. The summed E-state index contributed by atoms with van der Waals surface area (Å²) in [5.74, 6) is 0. The predicted octanol–water partition coefficient (Wildman–Crippen LogP) is 2.80. The lowest BCUT2D eigenvalue weighted by Gasteiger charge is -1.97. The second-order valence-corrected chi connectivity index (χ2v) is 4.41. The highest BCUT2D eigenvalue weighted by atomic mass is 16.3. The second-order valence-electron chi connectivity index (χ2n) is 4.41. The topological polar surface area (TPSA) is 37.5 Å². The van der Waals surface area contributed by atoms with Gasteiger partial charge in [-0.3, -0.25) is 0 Å². The second kappa shape index (κ2) is 4.27. The molecule has 2 aromatic heterocycles. The average Bonchev–Trinajstić information content (AvgIpc) is 2.83. The van der Waals surface area contributed by atoms with Gasteiger partial charge in [0.25, 0.3) is 0 Å². The summed E-state index contributed by atoms with van der Waals surface area (Å²) in [6, 6.07) is 12.1. The van der Waals surface area contributed by atoms with Gasteiger partial charge in [-0.2, -0.15) is 0 Å². The summed E-state index contributed by atoms with van der Waals surface area (Å²) in [7, 11) is 0. The van der Waals surface area contributed by atoms with E-state index in [1.807, 2.05) is 28.9 Å². The lowest BCUT2D eigenvalue weighted by molar-refractivity contribution is 0.282. The van der Waals surface area contributed by atoms with Crippen molar-refractivity contribution in [2.24, 2.45) is 0 Å². The standard InChI is InChI=1S/C15H14N2O/c1-11-4-6-12(7-5-11)14-9-17-8-2-3-13(10-18)15(17)16-14/h2-9,18H,10H2,1H3. The van der Waals surface area contributed by atoms with E-state index in [2.05, 4.69) is 36.2 Å². The lowest BCUT2D eigenvalue weighted by atomic mass is 10.1. The van der Waals surface area contributed by atoms with E-state index in [0.29, 0.717) is 0 Å². The maximum atomic E-state index is 9.30. The summed E-state index contributed by atoms with van der Waals surface area (Å²) in [5, 5.41) is 9.30. The molecule has 0 unspecified atom stereocenters. The number of aryl methyl sites for hydroxylation is 1. The Labute approximate surface area is 105 Å². The molecule has 0 aliphatic rings. The molecule has 3 nitrogen and oxygen atoms in total. The SMILES string of the molecule is Cc1ccc(-c2cn3cccc(CO)c3n2)cc1. The Bertz CT molecular complexity index is 683. The van der Waals surface area contributed by atoms with Crippen LogP contribution in [0.2, 0.25) is 0 Å². The predicted molar refractivity (Wildman–Crippen MR) is 71.3 cm³/mol. The van der Waals surface area contributed by atoms with Gasteiger partial charge in [0.1, 0.15) is 5.65 Å². The molecule has 18 heavy (non-hydrogen) atoms. The van der Waals surface area contributed by atoms with Crippen LogP contribution >= 0.6 is 0 Å². The number of aliphatic hydroxyl groups excluding tert-OH is 1. The van der Waals surface area contributed by atoms with Crippen LogP contribution in [0.5, 0.6) is 0 Å². The molecular weight excluding hydrogens is 224 g/mol. The fourth-order valence-electron chi connectivity index (χ4n) is 2.06. The molecule has 0 bridgehead atoms. The molecule has 3 rings (SSSR count). The van der Waals surface area contributed by atoms with Crippen molar-refractivity contribution in [2.75, 3.05) is 0 Å². The molecule has 0 saturated heterocycles. The minimum Gasteiger partial charge on any atom is -0.392 e. The number of rotatable bonds is 2. The number of benzene rings is 1. The van der Waals surface area contributed by atoms with E-state index in [-0.39, 0.29) is 6.61 Å². The fourth-order valence-corrected chi connectivity index (χ4v) is 2.06. The number of nitrogens with zero attached hydrogens (tertiary/aromatic N) is 2. The van der Waals surface area contributed by atoms with Crippen molar-refractivity contribution in [3.63, 3.8) is 0 Å². The van der Waals surface area contributed by atoms with Gasteiger partial charge in [0.15, 0.2) is 0 Å². The van der Waals surface area contributed by atoms with Gasteiger partial charge in [-0.15, -0.1) is 0 Å². The van der Waals surface area contributed by atoms with Crippen molar-refractivity contribution in [3.05, 3.63) is 59.9 Å². The van der Waals surface area contributed by atoms with Gasteiger partial charge >= 0.3 is 0 Å². The first kappa shape index (κ1) is 11.0. The number of hydrogen-bond donors (Lipinski definition) is 1. The monoisotopic (exact) mass is 238 g/mol. The molecule has 0 aliphatic heterocycles. The Balaban J connectivity index is 2.16. The average molecular weight is 238 g/mol. The van der Waals surface area contributed by atoms with Crippen LogP contribution in [0.25, 0.3) is 16.9 Å². The minimum absolute atomic E-state index is 0.00862. The molecule has 3 heteroatoms. The van der Waals surface area contributed by atoms with Crippen molar-refractivity contribution in [1.29, 1.82) is 0 Å². The quantitative estimate of drug-likeness (QED) is 0.745. The van der Waals surface area contributed by atoms with E-state index in [1.54, 1.807) is 0 Å². The van der Waals surface area contributed by atoms with Gasteiger partial charge in [0.05, 0.1) is 12.3 Å². The molecular formula is C15H14N2O. The van der Waals surface area contributed by atoms with Gasteiger partial charge in [0.2, 0.25) is 0 Å². The smallest absolute Gasteiger partial charge is 0.142 e. The van der Waals surface area contributed by atoms with Gasteiger partial charge < -0.3 is 9.51 Å². The Morgan fingerprint density at radius 3 is 2.67 bits per heavy atom. The normalized spacial score (nSPS) is 11.0. The molecule has 1 aromatic carbocycles. The fraction of sp³-hybridized carbons (Fsp3) is 0.133. The van der Waals surface area contributed by atoms with Gasteiger partial charge in [-0.05, 0) is 13.0 Å². The molecule has 1 N–H and O–H groups in total. The van der Waals surface area contributed by atoms with E-state index >= 15 is 0 Å². The van der Waals surface area contributed by atoms with Crippen LogP contribution in [0.15, 0.2) is 48.8 Å². The number of fused-ring (bicyclic) bond motifs is 1. The minimum atomic E-state index is 0.00862. The van der Waals surface area contributed by atoms with Crippen LogP contribution in [0.1, 0.15) is 11.1 Å².